The van der Waals surface area contributed by atoms with E-state index in [0.717, 1.165) is 0 Å². The summed E-state index contributed by atoms with van der Waals surface area (Å²) in [7, 11) is -10.1. The molecule has 0 bridgehead atoms. The number of rotatable bonds is 2. The van der Waals surface area contributed by atoms with E-state index in [9.17, 15) is 9.13 Å². The minimum Gasteiger partial charge on any atom is -0.302 e. The lowest BCUT2D eigenvalue weighted by molar-refractivity contribution is 0.225. The average Bonchev–Trinajstić information content (AvgIpc) is 1.14. The summed E-state index contributed by atoms with van der Waals surface area (Å²) in [6.45, 7) is 0. The molecule has 0 saturated carbocycles. The zero-order valence-corrected chi connectivity index (χ0v) is 7.20. The van der Waals surface area contributed by atoms with Crippen molar-refractivity contribution in [2.75, 3.05) is 0 Å². The molecule has 0 amide bonds. The molecule has 0 rings (SSSR count). The predicted octanol–water partition coefficient (Wildman–Crippen LogP) is -0.699. The molecule has 0 aliphatic rings. The van der Waals surface area contributed by atoms with Gasteiger partial charge < -0.3 is 19.6 Å². The molecule has 0 aliphatic heterocycles. The van der Waals surface area contributed by atoms with Crippen LogP contribution >= 0.6 is 29.1 Å². The fourth-order valence-corrected chi connectivity index (χ4v) is 1.25. The standard InChI is InChI=1S/H4O7P2.H2S/c1-8(2,3)7-9(4,5)6;/h(H2,1,2,3)(H2,4,5,6);1H2. The third kappa shape index (κ3) is 11.4. The third-order valence-corrected chi connectivity index (χ3v) is 1.91. The minimum absolute atomic E-state index is 0. The lowest BCUT2D eigenvalue weighted by Gasteiger charge is -2.03. The molecule has 0 fully saturated rings. The Morgan fingerprint density at radius 3 is 1.10 bits per heavy atom. The Kier molecular flexibility index (Phi) is 5.08. The van der Waals surface area contributed by atoms with Gasteiger partial charge in [-0.3, -0.25) is 0 Å². The summed E-state index contributed by atoms with van der Waals surface area (Å²) in [5.74, 6) is 0. The number of hydrogen-bond acceptors (Lipinski definition) is 3. The van der Waals surface area contributed by atoms with Gasteiger partial charge in [0.2, 0.25) is 0 Å². The van der Waals surface area contributed by atoms with Gasteiger partial charge in [0, 0.05) is 0 Å². The summed E-state index contributed by atoms with van der Waals surface area (Å²) in [6, 6.07) is 0. The van der Waals surface area contributed by atoms with Crippen molar-refractivity contribution in [2.45, 2.75) is 0 Å². The van der Waals surface area contributed by atoms with Crippen molar-refractivity contribution in [1.82, 2.24) is 0 Å². The molecule has 64 valence electrons. The Balaban J connectivity index is 0. The molecule has 0 spiro atoms. The highest BCUT2D eigenvalue weighted by atomic mass is 32.1. The fraction of sp³-hybridized carbons (Fsp3) is 0. The van der Waals surface area contributed by atoms with Gasteiger partial charge in [0.05, 0.1) is 0 Å². The molecule has 4 N–H and O–H groups in total. The Bertz CT molecular complexity index is 152. The van der Waals surface area contributed by atoms with E-state index in [1.165, 1.54) is 0 Å². The third-order valence-electron chi connectivity index (χ3n) is 0.213. The molecule has 0 aromatic heterocycles. The van der Waals surface area contributed by atoms with Crippen LogP contribution in [0.5, 0.6) is 0 Å². The summed E-state index contributed by atoms with van der Waals surface area (Å²) >= 11 is 0. The molecular formula is H6O7P2S. The second-order valence-electron chi connectivity index (χ2n) is 1.06. The molecule has 0 unspecified atom stereocenters. The van der Waals surface area contributed by atoms with Gasteiger partial charge in [0.1, 0.15) is 0 Å². The lowest BCUT2D eigenvalue weighted by atomic mass is 15.7. The van der Waals surface area contributed by atoms with Crippen LogP contribution in [0.2, 0.25) is 0 Å². The zero-order valence-electron chi connectivity index (χ0n) is 4.41. The molecule has 10 heavy (non-hydrogen) atoms. The zero-order chi connectivity index (χ0) is 7.71. The first-order chi connectivity index (χ1) is 3.71. The van der Waals surface area contributed by atoms with Gasteiger partial charge in [-0.2, -0.15) is 17.8 Å². The largest absolute Gasteiger partial charge is 0.478 e. The molecule has 10 heteroatoms. The Morgan fingerprint density at radius 2 is 1.10 bits per heavy atom. The van der Waals surface area contributed by atoms with Crippen molar-refractivity contribution < 1.29 is 33.0 Å². The van der Waals surface area contributed by atoms with Crippen LogP contribution in [0.25, 0.3) is 0 Å². The molecule has 0 radical (unpaired) electrons. The van der Waals surface area contributed by atoms with Gasteiger partial charge in [-0.15, -0.1) is 0 Å². The van der Waals surface area contributed by atoms with Crippen LogP contribution in [0.15, 0.2) is 0 Å². The first-order valence-electron chi connectivity index (χ1n) is 1.53. The minimum atomic E-state index is -5.05. The Labute approximate surface area is 63.0 Å². The molecule has 0 aromatic rings. The Hall–Kier alpha value is 0.610. The highest BCUT2D eigenvalue weighted by molar-refractivity contribution is 7.60. The topological polar surface area (TPSA) is 124 Å². The van der Waals surface area contributed by atoms with Crippen molar-refractivity contribution in [3.05, 3.63) is 0 Å². The molecule has 7 nitrogen and oxygen atoms in total. The first kappa shape index (κ1) is 13.2. The van der Waals surface area contributed by atoms with Gasteiger partial charge in [0.25, 0.3) is 0 Å². The predicted molar refractivity (Wildman–Crippen MR) is 35.6 cm³/mol. The molecule has 0 aromatic carbocycles. The number of hydrogen-bond donors (Lipinski definition) is 4. The molecule has 0 heterocycles. The van der Waals surface area contributed by atoms with Crippen molar-refractivity contribution in [1.29, 1.82) is 0 Å². The summed E-state index contributed by atoms with van der Waals surface area (Å²) in [5.41, 5.74) is 0. The van der Waals surface area contributed by atoms with Crippen LogP contribution in [-0.2, 0) is 13.4 Å². The van der Waals surface area contributed by atoms with Gasteiger partial charge in [-0.05, 0) is 0 Å². The van der Waals surface area contributed by atoms with Gasteiger partial charge in [0.15, 0.2) is 0 Å². The normalized spacial score (nSPS) is 12.4. The molecule has 0 atom stereocenters. The van der Waals surface area contributed by atoms with Crippen molar-refractivity contribution in [3.8, 4) is 0 Å². The van der Waals surface area contributed by atoms with Crippen LogP contribution in [-0.4, -0.2) is 19.6 Å². The van der Waals surface area contributed by atoms with E-state index >= 15 is 0 Å². The van der Waals surface area contributed by atoms with E-state index in [1.54, 1.807) is 0 Å². The van der Waals surface area contributed by atoms with Crippen molar-refractivity contribution >= 4 is 29.1 Å². The first-order valence-corrected chi connectivity index (χ1v) is 4.59. The smallest absolute Gasteiger partial charge is 0.302 e. The van der Waals surface area contributed by atoms with E-state index in [4.69, 9.17) is 19.6 Å². The van der Waals surface area contributed by atoms with Crippen molar-refractivity contribution in [2.24, 2.45) is 0 Å². The number of phosphoric acid groups is 2. The maximum Gasteiger partial charge on any atom is 0.478 e. The van der Waals surface area contributed by atoms with Gasteiger partial charge in [-0.1, -0.05) is 0 Å². The highest BCUT2D eigenvalue weighted by Crippen LogP contribution is 2.53. The quantitative estimate of drug-likeness (QED) is 0.446. The SMILES string of the molecule is O=P(O)(O)OP(=O)(O)O.S. The maximum absolute atomic E-state index is 9.63. The van der Waals surface area contributed by atoms with Crippen LogP contribution in [0, 0.1) is 0 Å². The fourth-order valence-electron chi connectivity index (χ4n) is 0.139. The second-order valence-corrected chi connectivity index (χ2v) is 3.68. The molecule has 0 aliphatic carbocycles. The van der Waals surface area contributed by atoms with E-state index in [0.29, 0.717) is 0 Å². The van der Waals surface area contributed by atoms with E-state index in [1.807, 2.05) is 0 Å². The van der Waals surface area contributed by atoms with Gasteiger partial charge in [-0.25, -0.2) is 9.13 Å². The van der Waals surface area contributed by atoms with E-state index < -0.39 is 15.6 Å². The van der Waals surface area contributed by atoms with Crippen LogP contribution < -0.4 is 0 Å². The van der Waals surface area contributed by atoms with Crippen molar-refractivity contribution in [3.63, 3.8) is 0 Å². The summed E-state index contributed by atoms with van der Waals surface area (Å²) in [4.78, 5) is 31.0. The second kappa shape index (κ2) is 3.85. The average molecular weight is 212 g/mol. The molecule has 0 saturated heterocycles. The monoisotopic (exact) mass is 212 g/mol. The Morgan fingerprint density at radius 1 is 0.900 bits per heavy atom. The van der Waals surface area contributed by atoms with Crippen LogP contribution in [0.4, 0.5) is 0 Å². The highest BCUT2D eigenvalue weighted by Gasteiger charge is 2.27. The van der Waals surface area contributed by atoms with E-state index in [2.05, 4.69) is 4.31 Å². The lowest BCUT2D eigenvalue weighted by Crippen LogP contribution is -1.84. The summed E-state index contributed by atoms with van der Waals surface area (Å²) in [6.07, 6.45) is 0. The summed E-state index contributed by atoms with van der Waals surface area (Å²) < 4.78 is 22.2. The molecular weight excluding hydrogens is 206 g/mol. The summed E-state index contributed by atoms with van der Waals surface area (Å²) in [5, 5.41) is 0. The van der Waals surface area contributed by atoms with Crippen LogP contribution in [0.3, 0.4) is 0 Å². The maximum atomic E-state index is 9.63. The van der Waals surface area contributed by atoms with Crippen LogP contribution in [0.1, 0.15) is 0 Å². The van der Waals surface area contributed by atoms with E-state index in [-0.39, 0.29) is 13.5 Å². The van der Waals surface area contributed by atoms with Gasteiger partial charge >= 0.3 is 15.6 Å².